The number of fused-ring (bicyclic) bond motifs is 1. The molecule has 2 aliphatic rings. The summed E-state index contributed by atoms with van der Waals surface area (Å²) in [6, 6.07) is 2.31. The van der Waals surface area contributed by atoms with Gasteiger partial charge >= 0.3 is 0 Å². The third-order valence-corrected chi connectivity index (χ3v) is 3.52. The summed E-state index contributed by atoms with van der Waals surface area (Å²) in [6.07, 6.45) is 10.5. The van der Waals surface area contributed by atoms with E-state index in [4.69, 9.17) is 0 Å². The van der Waals surface area contributed by atoms with Crippen molar-refractivity contribution < 1.29 is 8.78 Å². The van der Waals surface area contributed by atoms with Crippen LogP contribution in [0.2, 0.25) is 0 Å². The summed E-state index contributed by atoms with van der Waals surface area (Å²) >= 11 is 0. The van der Waals surface area contributed by atoms with Crippen LogP contribution in [0.1, 0.15) is 25.3 Å². The fourth-order valence-electron chi connectivity index (χ4n) is 2.42. The van der Waals surface area contributed by atoms with E-state index in [2.05, 4.69) is 15.7 Å². The van der Waals surface area contributed by atoms with E-state index in [0.717, 1.165) is 29.5 Å². The van der Waals surface area contributed by atoms with Gasteiger partial charge in [0, 0.05) is 29.3 Å². The van der Waals surface area contributed by atoms with Crippen LogP contribution in [0, 0.1) is 11.6 Å². The number of hydrogen-bond acceptors (Lipinski definition) is 2. The monoisotopic (exact) mass is 296 g/mol. The molecule has 1 aromatic rings. The lowest BCUT2D eigenvalue weighted by Gasteiger charge is -2.10. The molecule has 110 valence electrons. The Morgan fingerprint density at radius 3 is 2.86 bits per heavy atom. The summed E-state index contributed by atoms with van der Waals surface area (Å²) in [6.45, 7) is 1.90. The molecule has 0 bridgehead atoms. The molecule has 0 radical (unpaired) electrons. The molecule has 0 N–H and O–H groups in total. The van der Waals surface area contributed by atoms with Gasteiger partial charge in [-0.05, 0) is 25.5 Å². The van der Waals surface area contributed by atoms with Crippen LogP contribution in [0.5, 0.6) is 0 Å². The first-order valence-electron chi connectivity index (χ1n) is 7.03. The highest BCUT2D eigenvalue weighted by Gasteiger charge is 2.15. The van der Waals surface area contributed by atoms with Crippen molar-refractivity contribution in [1.29, 1.82) is 0 Å². The lowest BCUT2D eigenvalue weighted by Crippen LogP contribution is -2.10. The molecule has 0 saturated heterocycles. The van der Waals surface area contributed by atoms with Crippen molar-refractivity contribution in [3.05, 3.63) is 65.1 Å². The molecule has 0 aliphatic carbocycles. The van der Waals surface area contributed by atoms with Gasteiger partial charge in [0.1, 0.15) is 0 Å². The molecule has 22 heavy (non-hydrogen) atoms. The van der Waals surface area contributed by atoms with Crippen LogP contribution >= 0.6 is 0 Å². The van der Waals surface area contributed by atoms with Crippen LogP contribution in [-0.4, -0.2) is 11.4 Å². The van der Waals surface area contributed by atoms with Crippen LogP contribution < -0.4 is 0 Å². The highest BCUT2D eigenvalue weighted by Crippen LogP contribution is 2.28. The van der Waals surface area contributed by atoms with E-state index in [0.29, 0.717) is 17.7 Å². The van der Waals surface area contributed by atoms with Gasteiger partial charge in [0.25, 0.3) is 0 Å². The number of benzene rings is 1. The lowest BCUT2D eigenvalue weighted by molar-refractivity contribution is 0.509. The molecule has 0 atom stereocenters. The van der Waals surface area contributed by atoms with E-state index < -0.39 is 11.6 Å². The summed E-state index contributed by atoms with van der Waals surface area (Å²) in [5.41, 5.74) is 6.53. The summed E-state index contributed by atoms with van der Waals surface area (Å²) < 4.78 is 26.8. The van der Waals surface area contributed by atoms with Crippen molar-refractivity contribution in [2.24, 2.45) is 9.98 Å². The third kappa shape index (κ3) is 2.87. The molecular weight excluding hydrogens is 282 g/mol. The summed E-state index contributed by atoms with van der Waals surface area (Å²) in [5.74, 6) is -1.75. The van der Waals surface area contributed by atoms with Crippen LogP contribution in [0.3, 0.4) is 0 Å². The normalized spacial score (nSPS) is 19.3. The van der Waals surface area contributed by atoms with Crippen molar-refractivity contribution in [2.45, 2.75) is 19.8 Å². The fraction of sp³-hybridized carbons (Fsp3) is 0.167. The zero-order valence-corrected chi connectivity index (χ0v) is 12.1. The number of nitrogens with zero attached hydrogens (tertiary/aromatic N) is 2. The minimum atomic E-state index is -0.889. The Hall–Kier alpha value is -2.58. The van der Waals surface area contributed by atoms with Crippen LogP contribution in [0.25, 0.3) is 6.08 Å². The molecule has 2 nitrogen and oxygen atoms in total. The number of aliphatic imine (C=N–C) groups is 2. The number of rotatable bonds is 1. The number of allylic oxidation sites excluding steroid dienone is 4. The highest BCUT2D eigenvalue weighted by molar-refractivity contribution is 6.25. The fourth-order valence-corrected chi connectivity index (χ4v) is 2.42. The summed E-state index contributed by atoms with van der Waals surface area (Å²) in [7, 11) is 0. The minimum absolute atomic E-state index is 0.435. The van der Waals surface area contributed by atoms with Gasteiger partial charge in [-0.1, -0.05) is 18.2 Å². The van der Waals surface area contributed by atoms with Crippen molar-refractivity contribution in [1.82, 2.24) is 0 Å². The Morgan fingerprint density at radius 2 is 2.00 bits per heavy atom. The molecule has 0 fully saturated rings. The van der Waals surface area contributed by atoms with E-state index in [1.54, 1.807) is 12.3 Å². The Balaban J connectivity index is 2.08. The Labute approximate surface area is 127 Å². The largest absolute Gasteiger partial charge is 0.253 e. The van der Waals surface area contributed by atoms with Crippen molar-refractivity contribution in [3.8, 4) is 0 Å². The molecule has 0 saturated carbocycles. The number of hydrogen-bond donors (Lipinski definition) is 0. The van der Waals surface area contributed by atoms with Gasteiger partial charge in [-0.15, -0.1) is 5.73 Å². The van der Waals surface area contributed by atoms with Crippen molar-refractivity contribution in [2.75, 3.05) is 0 Å². The molecule has 1 aromatic carbocycles. The first-order chi connectivity index (χ1) is 10.6. The van der Waals surface area contributed by atoms with Gasteiger partial charge in [-0.25, -0.2) is 8.78 Å². The second-order valence-electron chi connectivity index (χ2n) is 5.06. The van der Waals surface area contributed by atoms with E-state index in [-0.39, 0.29) is 0 Å². The Morgan fingerprint density at radius 1 is 1.18 bits per heavy atom. The lowest BCUT2D eigenvalue weighted by atomic mass is 10.0. The van der Waals surface area contributed by atoms with E-state index >= 15 is 0 Å². The quantitative estimate of drug-likeness (QED) is 0.658. The Bertz CT molecular complexity index is 805. The molecule has 0 amide bonds. The molecule has 4 heteroatoms. The van der Waals surface area contributed by atoms with Crippen LogP contribution in [0.4, 0.5) is 14.5 Å². The third-order valence-electron chi connectivity index (χ3n) is 3.52. The second-order valence-corrected chi connectivity index (χ2v) is 5.06. The van der Waals surface area contributed by atoms with Crippen LogP contribution in [-0.2, 0) is 0 Å². The van der Waals surface area contributed by atoms with E-state index in [9.17, 15) is 8.78 Å². The molecule has 2 heterocycles. The molecule has 0 aromatic heterocycles. The molecule has 0 spiro atoms. The molecule has 0 unspecified atom stereocenters. The van der Waals surface area contributed by atoms with Gasteiger partial charge in [0.15, 0.2) is 11.6 Å². The first-order valence-corrected chi connectivity index (χ1v) is 7.03. The molecule has 2 aliphatic heterocycles. The Kier molecular flexibility index (Phi) is 3.94. The smallest absolute Gasteiger partial charge is 0.161 e. The highest BCUT2D eigenvalue weighted by atomic mass is 19.2. The van der Waals surface area contributed by atoms with Crippen LogP contribution in [0.15, 0.2) is 57.8 Å². The van der Waals surface area contributed by atoms with Crippen molar-refractivity contribution >= 4 is 23.2 Å². The predicted molar refractivity (Wildman–Crippen MR) is 85.6 cm³/mol. The zero-order chi connectivity index (χ0) is 15.5. The maximum absolute atomic E-state index is 13.5. The summed E-state index contributed by atoms with van der Waals surface area (Å²) in [5, 5.41) is 0. The second kappa shape index (κ2) is 6.04. The van der Waals surface area contributed by atoms with Gasteiger partial charge in [0.2, 0.25) is 0 Å². The SMILES string of the molecule is CC1=NC=C=CC/C=C\1C1=Nc2cc(F)c(F)cc2C=CC1. The standard InChI is InChI=1S/C18H14F2N2/c1-12-14(7-3-2-4-9-21-12)17-8-5-6-13-10-15(19)16(20)11-18(13)22-17/h2,5-7,9-11H,3,8H2,1H3/b14-7+,21-12?. The average Bonchev–Trinajstić information content (AvgIpc) is 2.66. The van der Waals surface area contributed by atoms with E-state index in [1.807, 2.05) is 25.2 Å². The van der Waals surface area contributed by atoms with Gasteiger partial charge < -0.3 is 0 Å². The topological polar surface area (TPSA) is 24.7 Å². The molecule has 3 rings (SSSR count). The summed E-state index contributed by atoms with van der Waals surface area (Å²) in [4.78, 5) is 8.84. The van der Waals surface area contributed by atoms with Gasteiger partial charge in [0.05, 0.1) is 17.6 Å². The number of halogens is 2. The first kappa shape index (κ1) is 14.4. The molecular formula is C18H14F2N2. The zero-order valence-electron chi connectivity index (χ0n) is 12.1. The van der Waals surface area contributed by atoms with E-state index in [1.165, 1.54) is 6.07 Å². The average molecular weight is 296 g/mol. The predicted octanol–water partition coefficient (Wildman–Crippen LogP) is 4.91. The maximum Gasteiger partial charge on any atom is 0.161 e. The van der Waals surface area contributed by atoms with Gasteiger partial charge in [-0.3, -0.25) is 9.98 Å². The van der Waals surface area contributed by atoms with Crippen molar-refractivity contribution in [3.63, 3.8) is 0 Å². The maximum atomic E-state index is 13.5. The van der Waals surface area contributed by atoms with Gasteiger partial charge in [-0.2, -0.15) is 0 Å². The minimum Gasteiger partial charge on any atom is -0.253 e.